The first kappa shape index (κ1) is 15.6. The van der Waals surface area contributed by atoms with Gasteiger partial charge in [-0.25, -0.2) is 4.68 Å². The summed E-state index contributed by atoms with van der Waals surface area (Å²) < 4.78 is 79.1. The summed E-state index contributed by atoms with van der Waals surface area (Å²) in [5, 5.41) is 3.68. The van der Waals surface area contributed by atoms with Gasteiger partial charge in [-0.3, -0.25) is 0 Å². The molecule has 10 heteroatoms. The normalized spacial score (nSPS) is 13.2. The van der Waals surface area contributed by atoms with Crippen LogP contribution in [-0.2, 0) is 13.6 Å². The van der Waals surface area contributed by atoms with Crippen LogP contribution in [0.25, 0.3) is 0 Å². The van der Waals surface area contributed by atoms with Crippen LogP contribution in [0.1, 0.15) is 11.3 Å². The third kappa shape index (κ3) is 3.31. The van der Waals surface area contributed by atoms with Crippen LogP contribution in [0.3, 0.4) is 0 Å². The molecule has 0 unspecified atom stereocenters. The lowest BCUT2D eigenvalue weighted by atomic mass is 10.2. The van der Waals surface area contributed by atoms with Crippen LogP contribution in [0.5, 0.6) is 5.88 Å². The van der Waals surface area contributed by atoms with Gasteiger partial charge in [0.1, 0.15) is 0 Å². The number of alkyl halides is 6. The van der Waals surface area contributed by atoms with Gasteiger partial charge in [-0.2, -0.15) is 31.4 Å². The van der Waals surface area contributed by atoms with E-state index >= 15 is 0 Å². The third-order valence-electron chi connectivity index (χ3n) is 2.32. The zero-order valence-corrected chi connectivity index (χ0v) is 9.93. The lowest BCUT2D eigenvalue weighted by molar-refractivity contribution is -0.301. The molecule has 4 nitrogen and oxygen atoms in total. The number of nitrogens with zero attached hydrogens (tertiary/aromatic N) is 2. The Balaban J connectivity index is 3.18. The molecule has 0 atom stereocenters. The van der Waals surface area contributed by atoms with Crippen LogP contribution in [0.2, 0.25) is 0 Å². The number of halogens is 6. The maximum absolute atomic E-state index is 12.4. The fraction of sp³-hybridized carbons (Fsp3) is 0.667. The van der Waals surface area contributed by atoms with E-state index in [4.69, 9.17) is 5.73 Å². The molecule has 0 radical (unpaired) electrons. The maximum Gasteiger partial charge on any atom is 0.434 e. The molecule has 0 aromatic carbocycles. The summed E-state index contributed by atoms with van der Waals surface area (Å²) in [7, 11) is 1.17. The number of ether oxygens (including phenoxy) is 1. The van der Waals surface area contributed by atoms with E-state index in [-0.39, 0.29) is 17.8 Å². The molecule has 0 aliphatic heterocycles. The summed E-state index contributed by atoms with van der Waals surface area (Å²) >= 11 is 0. The number of aryl methyl sites for hydroxylation is 2. The van der Waals surface area contributed by atoms with E-state index < -0.39 is 24.3 Å². The second-order valence-corrected chi connectivity index (χ2v) is 3.78. The van der Waals surface area contributed by atoms with E-state index in [1.54, 1.807) is 0 Å². The largest absolute Gasteiger partial charge is 0.455 e. The number of aromatic nitrogens is 2. The molecule has 0 saturated carbocycles. The van der Waals surface area contributed by atoms with E-state index in [2.05, 4.69) is 9.84 Å². The van der Waals surface area contributed by atoms with Crippen LogP contribution >= 0.6 is 0 Å². The Kier molecular flexibility index (Phi) is 4.03. The predicted molar refractivity (Wildman–Crippen MR) is 52.4 cm³/mol. The van der Waals surface area contributed by atoms with Crippen LogP contribution in [0.15, 0.2) is 0 Å². The molecule has 0 amide bonds. The maximum atomic E-state index is 12.4. The Labute approximate surface area is 104 Å². The summed E-state index contributed by atoms with van der Waals surface area (Å²) in [5.41, 5.74) is 5.47. The van der Waals surface area contributed by atoms with Crippen LogP contribution in [0.4, 0.5) is 26.3 Å². The standard InChI is InChI=1S/C9H11F6N3O/c1-4-5(3-16)6(18(2)17-4)19-7(8(10,11)12)9(13,14)15/h7H,3,16H2,1-2H3. The Hall–Kier alpha value is -1.45. The summed E-state index contributed by atoms with van der Waals surface area (Å²) in [6.07, 6.45) is -15.1. The average molecular weight is 291 g/mol. The minimum absolute atomic E-state index is 0.000926. The second-order valence-electron chi connectivity index (χ2n) is 3.78. The van der Waals surface area contributed by atoms with Crippen molar-refractivity contribution >= 4 is 0 Å². The zero-order chi connectivity index (χ0) is 15.0. The first-order valence-electron chi connectivity index (χ1n) is 5.01. The van der Waals surface area contributed by atoms with Gasteiger partial charge in [-0.05, 0) is 6.92 Å². The van der Waals surface area contributed by atoms with E-state index in [1.165, 1.54) is 14.0 Å². The minimum atomic E-state index is -5.58. The molecule has 0 saturated heterocycles. The van der Waals surface area contributed by atoms with Gasteiger partial charge in [0.25, 0.3) is 6.10 Å². The van der Waals surface area contributed by atoms with E-state index in [9.17, 15) is 26.3 Å². The fourth-order valence-electron chi connectivity index (χ4n) is 1.49. The van der Waals surface area contributed by atoms with Crippen LogP contribution < -0.4 is 10.5 Å². The van der Waals surface area contributed by atoms with Gasteiger partial charge >= 0.3 is 12.4 Å². The molecule has 110 valence electrons. The number of rotatable bonds is 3. The van der Waals surface area contributed by atoms with Gasteiger partial charge in [-0.1, -0.05) is 0 Å². The zero-order valence-electron chi connectivity index (χ0n) is 9.93. The summed E-state index contributed by atoms with van der Waals surface area (Å²) in [4.78, 5) is 0. The highest BCUT2D eigenvalue weighted by Crippen LogP contribution is 2.37. The highest BCUT2D eigenvalue weighted by molar-refractivity contribution is 5.31. The highest BCUT2D eigenvalue weighted by Gasteiger charge is 2.59. The first-order valence-corrected chi connectivity index (χ1v) is 5.01. The number of hydrogen-bond donors (Lipinski definition) is 1. The fourth-order valence-corrected chi connectivity index (χ4v) is 1.49. The minimum Gasteiger partial charge on any atom is -0.455 e. The Bertz CT molecular complexity index is 436. The van der Waals surface area contributed by atoms with Crippen molar-refractivity contribution < 1.29 is 31.1 Å². The third-order valence-corrected chi connectivity index (χ3v) is 2.32. The van der Waals surface area contributed by atoms with Crippen molar-refractivity contribution in [1.82, 2.24) is 9.78 Å². The van der Waals surface area contributed by atoms with E-state index in [0.717, 1.165) is 4.68 Å². The number of hydrogen-bond acceptors (Lipinski definition) is 3. The van der Waals surface area contributed by atoms with Crippen LogP contribution in [0, 0.1) is 6.92 Å². The van der Waals surface area contributed by atoms with Crippen molar-refractivity contribution in [3.8, 4) is 5.88 Å². The first-order chi connectivity index (χ1) is 8.48. The molecule has 1 aromatic heterocycles. The van der Waals surface area contributed by atoms with Gasteiger partial charge in [0.15, 0.2) is 0 Å². The van der Waals surface area contributed by atoms with Crippen molar-refractivity contribution in [2.45, 2.75) is 31.9 Å². The highest BCUT2D eigenvalue weighted by atomic mass is 19.4. The van der Waals surface area contributed by atoms with Gasteiger partial charge in [-0.15, -0.1) is 0 Å². The van der Waals surface area contributed by atoms with Crippen LogP contribution in [-0.4, -0.2) is 28.2 Å². The second kappa shape index (κ2) is 4.91. The molecule has 1 rings (SSSR count). The molecular weight excluding hydrogens is 280 g/mol. The van der Waals surface area contributed by atoms with Gasteiger partial charge in [0, 0.05) is 13.6 Å². The summed E-state index contributed by atoms with van der Waals surface area (Å²) in [6, 6.07) is 0. The predicted octanol–water partition coefficient (Wildman–Crippen LogP) is 2.06. The lowest BCUT2D eigenvalue weighted by Crippen LogP contribution is -2.47. The van der Waals surface area contributed by atoms with Gasteiger partial charge in [0.2, 0.25) is 5.88 Å². The summed E-state index contributed by atoms with van der Waals surface area (Å²) in [5.74, 6) is -0.639. The van der Waals surface area contributed by atoms with Crippen molar-refractivity contribution in [1.29, 1.82) is 0 Å². The SMILES string of the molecule is Cc1nn(C)c(OC(C(F)(F)F)C(F)(F)F)c1CN. The quantitative estimate of drug-likeness (QED) is 0.867. The number of nitrogens with two attached hydrogens (primary N) is 1. The molecule has 0 spiro atoms. The van der Waals surface area contributed by atoms with Crippen molar-refractivity contribution in [2.24, 2.45) is 12.8 Å². The summed E-state index contributed by atoms with van der Waals surface area (Å²) in [6.45, 7) is 1.13. The van der Waals surface area contributed by atoms with E-state index in [0.29, 0.717) is 0 Å². The molecule has 19 heavy (non-hydrogen) atoms. The Morgan fingerprint density at radius 3 is 2.05 bits per heavy atom. The lowest BCUT2D eigenvalue weighted by Gasteiger charge is -2.24. The van der Waals surface area contributed by atoms with Crippen molar-refractivity contribution in [2.75, 3.05) is 0 Å². The molecular formula is C9H11F6N3O. The smallest absolute Gasteiger partial charge is 0.434 e. The van der Waals surface area contributed by atoms with Gasteiger partial charge in [0.05, 0.1) is 11.3 Å². The molecule has 1 aromatic rings. The molecule has 2 N–H and O–H groups in total. The average Bonchev–Trinajstić information content (AvgIpc) is 2.45. The van der Waals surface area contributed by atoms with Crippen molar-refractivity contribution in [3.63, 3.8) is 0 Å². The molecule has 0 bridgehead atoms. The van der Waals surface area contributed by atoms with Gasteiger partial charge < -0.3 is 10.5 Å². The molecule has 0 fully saturated rings. The van der Waals surface area contributed by atoms with Crippen molar-refractivity contribution in [3.05, 3.63) is 11.3 Å². The Morgan fingerprint density at radius 1 is 1.21 bits per heavy atom. The monoisotopic (exact) mass is 291 g/mol. The Morgan fingerprint density at radius 2 is 1.68 bits per heavy atom. The molecule has 0 aliphatic carbocycles. The molecule has 1 heterocycles. The van der Waals surface area contributed by atoms with E-state index in [1.807, 2.05) is 0 Å². The molecule has 0 aliphatic rings. The topological polar surface area (TPSA) is 53.1 Å².